The molecule has 0 radical (unpaired) electrons. The standard InChI is InChI=1S/C24H30N2O5/c1-29-16-19-6-4-5-18(11-19)14-25-24(28)20-13-23(27)26(15-20)10-9-17-7-8-21(30-2)22(12-17)31-3/h4-8,11-12,20H,9-10,13-16H2,1-3H3,(H,25,28). The third kappa shape index (κ3) is 5.98. The SMILES string of the molecule is COCc1cccc(CNC(=O)C2CC(=O)N(CCc3ccc(OC)c(OC)c3)C2)c1. The van der Waals surface area contributed by atoms with Crippen molar-refractivity contribution in [3.05, 3.63) is 59.2 Å². The summed E-state index contributed by atoms with van der Waals surface area (Å²) in [5, 5.41) is 2.96. The Morgan fingerprint density at radius 1 is 1.03 bits per heavy atom. The lowest BCUT2D eigenvalue weighted by Gasteiger charge is -2.17. The number of carbonyl (C=O) groups excluding carboxylic acids is 2. The van der Waals surface area contributed by atoms with Crippen molar-refractivity contribution in [3.63, 3.8) is 0 Å². The first-order valence-corrected chi connectivity index (χ1v) is 10.4. The van der Waals surface area contributed by atoms with Crippen LogP contribution in [0, 0.1) is 5.92 Å². The molecule has 7 nitrogen and oxygen atoms in total. The third-order valence-corrected chi connectivity index (χ3v) is 5.47. The van der Waals surface area contributed by atoms with Gasteiger partial charge in [0, 0.05) is 33.2 Å². The predicted octanol–water partition coefficient (Wildman–Crippen LogP) is 2.56. The smallest absolute Gasteiger partial charge is 0.225 e. The number of ether oxygens (including phenoxy) is 3. The van der Waals surface area contributed by atoms with Crippen LogP contribution in [0.4, 0.5) is 0 Å². The summed E-state index contributed by atoms with van der Waals surface area (Å²) in [6, 6.07) is 13.7. The predicted molar refractivity (Wildman–Crippen MR) is 117 cm³/mol. The lowest BCUT2D eigenvalue weighted by atomic mass is 10.1. The van der Waals surface area contributed by atoms with E-state index in [1.54, 1.807) is 26.2 Å². The minimum absolute atomic E-state index is 0.0164. The first-order valence-electron chi connectivity index (χ1n) is 10.4. The van der Waals surface area contributed by atoms with Gasteiger partial charge in [0.15, 0.2) is 11.5 Å². The van der Waals surface area contributed by atoms with Gasteiger partial charge in [-0.15, -0.1) is 0 Å². The molecular formula is C24H30N2O5. The highest BCUT2D eigenvalue weighted by Crippen LogP contribution is 2.28. The molecule has 1 aliphatic heterocycles. The second-order valence-corrected chi connectivity index (χ2v) is 7.65. The highest BCUT2D eigenvalue weighted by Gasteiger charge is 2.33. The molecule has 1 atom stereocenters. The fraction of sp³-hybridized carbons (Fsp3) is 0.417. The molecule has 166 valence electrons. The maximum absolute atomic E-state index is 12.6. The molecule has 0 aliphatic carbocycles. The second-order valence-electron chi connectivity index (χ2n) is 7.65. The number of nitrogens with one attached hydrogen (secondary N) is 1. The van der Waals surface area contributed by atoms with Gasteiger partial charge in [0.05, 0.1) is 26.7 Å². The number of rotatable bonds is 10. The van der Waals surface area contributed by atoms with Crippen LogP contribution in [0.3, 0.4) is 0 Å². The van der Waals surface area contributed by atoms with Crippen molar-refractivity contribution >= 4 is 11.8 Å². The third-order valence-electron chi connectivity index (χ3n) is 5.47. The van der Waals surface area contributed by atoms with Crippen LogP contribution < -0.4 is 14.8 Å². The normalized spacial score (nSPS) is 15.8. The highest BCUT2D eigenvalue weighted by atomic mass is 16.5. The maximum atomic E-state index is 12.6. The van der Waals surface area contributed by atoms with Gasteiger partial charge in [0.2, 0.25) is 11.8 Å². The minimum Gasteiger partial charge on any atom is -0.493 e. The van der Waals surface area contributed by atoms with Gasteiger partial charge in [0.25, 0.3) is 0 Å². The fourth-order valence-corrected chi connectivity index (χ4v) is 3.79. The topological polar surface area (TPSA) is 77.1 Å². The molecule has 2 aromatic carbocycles. The van der Waals surface area contributed by atoms with Crippen LogP contribution in [-0.2, 0) is 33.9 Å². The lowest BCUT2D eigenvalue weighted by Crippen LogP contribution is -2.33. The minimum atomic E-state index is -0.319. The molecule has 3 rings (SSSR count). The number of nitrogens with zero attached hydrogens (tertiary/aromatic N) is 1. The van der Waals surface area contributed by atoms with E-state index in [2.05, 4.69) is 5.32 Å². The van der Waals surface area contributed by atoms with Crippen LogP contribution in [0.5, 0.6) is 11.5 Å². The molecule has 31 heavy (non-hydrogen) atoms. The summed E-state index contributed by atoms with van der Waals surface area (Å²) < 4.78 is 15.7. The van der Waals surface area contributed by atoms with E-state index in [9.17, 15) is 9.59 Å². The van der Waals surface area contributed by atoms with Crippen molar-refractivity contribution in [2.45, 2.75) is 26.0 Å². The molecule has 1 N–H and O–H groups in total. The summed E-state index contributed by atoms with van der Waals surface area (Å²) >= 11 is 0. The van der Waals surface area contributed by atoms with E-state index in [1.807, 2.05) is 42.5 Å². The number of carbonyl (C=O) groups is 2. The molecule has 0 bridgehead atoms. The number of hydrogen-bond acceptors (Lipinski definition) is 5. The Hall–Kier alpha value is -3.06. The molecule has 1 heterocycles. The van der Waals surface area contributed by atoms with Gasteiger partial charge in [-0.3, -0.25) is 9.59 Å². The second kappa shape index (κ2) is 10.8. The van der Waals surface area contributed by atoms with Crippen molar-refractivity contribution in [1.29, 1.82) is 0 Å². The first-order chi connectivity index (χ1) is 15.0. The largest absolute Gasteiger partial charge is 0.493 e. The molecule has 1 aliphatic rings. The first kappa shape index (κ1) is 22.6. The van der Waals surface area contributed by atoms with Gasteiger partial charge >= 0.3 is 0 Å². The summed E-state index contributed by atoms with van der Waals surface area (Å²) in [5.74, 6) is 0.953. The van der Waals surface area contributed by atoms with Crippen molar-refractivity contribution in [2.75, 3.05) is 34.4 Å². The van der Waals surface area contributed by atoms with Gasteiger partial charge in [-0.1, -0.05) is 30.3 Å². The van der Waals surface area contributed by atoms with E-state index in [0.29, 0.717) is 44.2 Å². The zero-order chi connectivity index (χ0) is 22.2. The van der Waals surface area contributed by atoms with E-state index >= 15 is 0 Å². The Morgan fingerprint density at radius 2 is 1.81 bits per heavy atom. The van der Waals surface area contributed by atoms with E-state index in [4.69, 9.17) is 14.2 Å². The van der Waals surface area contributed by atoms with E-state index < -0.39 is 0 Å². The zero-order valence-corrected chi connectivity index (χ0v) is 18.3. The van der Waals surface area contributed by atoms with Gasteiger partial charge in [-0.2, -0.15) is 0 Å². The lowest BCUT2D eigenvalue weighted by molar-refractivity contribution is -0.129. The van der Waals surface area contributed by atoms with Crippen molar-refractivity contribution in [1.82, 2.24) is 10.2 Å². The molecule has 2 aromatic rings. The van der Waals surface area contributed by atoms with Crippen LogP contribution in [0.1, 0.15) is 23.1 Å². The van der Waals surface area contributed by atoms with Crippen molar-refractivity contribution in [3.8, 4) is 11.5 Å². The summed E-state index contributed by atoms with van der Waals surface area (Å²) in [4.78, 5) is 26.8. The monoisotopic (exact) mass is 426 g/mol. The summed E-state index contributed by atoms with van der Waals surface area (Å²) in [7, 11) is 4.85. The number of benzene rings is 2. The molecule has 1 saturated heterocycles. The van der Waals surface area contributed by atoms with Crippen LogP contribution in [0.25, 0.3) is 0 Å². The Morgan fingerprint density at radius 3 is 2.55 bits per heavy atom. The van der Waals surface area contributed by atoms with Gasteiger partial charge in [0.1, 0.15) is 0 Å². The fourth-order valence-electron chi connectivity index (χ4n) is 3.79. The number of methoxy groups -OCH3 is 3. The van der Waals surface area contributed by atoms with E-state index in [-0.39, 0.29) is 24.2 Å². The van der Waals surface area contributed by atoms with Crippen molar-refractivity contribution in [2.24, 2.45) is 5.92 Å². The number of amides is 2. The van der Waals surface area contributed by atoms with E-state index in [0.717, 1.165) is 16.7 Å². The Bertz CT molecular complexity index is 915. The number of hydrogen-bond donors (Lipinski definition) is 1. The van der Waals surface area contributed by atoms with Crippen LogP contribution >= 0.6 is 0 Å². The molecule has 0 aromatic heterocycles. The summed E-state index contributed by atoms with van der Waals surface area (Å²) in [6.45, 7) is 1.99. The average Bonchev–Trinajstić information content (AvgIpc) is 3.17. The van der Waals surface area contributed by atoms with Crippen LogP contribution in [0.2, 0.25) is 0 Å². The highest BCUT2D eigenvalue weighted by molar-refractivity contribution is 5.89. The van der Waals surface area contributed by atoms with Crippen LogP contribution in [-0.4, -0.2) is 51.1 Å². The Kier molecular flexibility index (Phi) is 7.89. The molecule has 1 unspecified atom stereocenters. The van der Waals surface area contributed by atoms with Crippen LogP contribution in [0.15, 0.2) is 42.5 Å². The molecule has 7 heteroatoms. The molecule has 1 fully saturated rings. The van der Waals surface area contributed by atoms with Gasteiger partial charge in [-0.05, 0) is 35.2 Å². The molecule has 0 saturated carbocycles. The quantitative estimate of drug-likeness (QED) is 0.632. The summed E-state index contributed by atoms with van der Waals surface area (Å²) in [6.07, 6.45) is 0.939. The molecular weight excluding hydrogens is 396 g/mol. The van der Waals surface area contributed by atoms with Crippen molar-refractivity contribution < 1.29 is 23.8 Å². The zero-order valence-electron chi connectivity index (χ0n) is 18.3. The van der Waals surface area contributed by atoms with Gasteiger partial charge in [-0.25, -0.2) is 0 Å². The summed E-state index contributed by atoms with van der Waals surface area (Å²) in [5.41, 5.74) is 3.12. The van der Waals surface area contributed by atoms with E-state index in [1.165, 1.54) is 0 Å². The Balaban J connectivity index is 1.50. The molecule has 0 spiro atoms. The number of likely N-dealkylation sites (tertiary alicyclic amines) is 1. The average molecular weight is 427 g/mol. The Labute approximate surface area is 183 Å². The molecule has 2 amide bonds. The van der Waals surface area contributed by atoms with Gasteiger partial charge < -0.3 is 24.4 Å². The maximum Gasteiger partial charge on any atom is 0.225 e.